The fourth-order valence-corrected chi connectivity index (χ4v) is 1.11. The Morgan fingerprint density at radius 1 is 1.38 bits per heavy atom. The molecule has 0 saturated carbocycles. The van der Waals surface area contributed by atoms with Gasteiger partial charge in [-0.1, -0.05) is 33.3 Å². The first-order valence-electron chi connectivity index (χ1n) is 5.25. The molecule has 0 heterocycles. The summed E-state index contributed by atoms with van der Waals surface area (Å²) >= 11 is 0. The predicted octanol–water partition coefficient (Wildman–Crippen LogP) is 3.56. The standard InChI is InChI=1S/C12H22O/c1-4-6-7-10-13-11-9-12(3)8-5-2/h8,12H,2,4,6-7,9-11H2,1,3H3. The molecule has 0 spiro atoms. The van der Waals surface area contributed by atoms with Gasteiger partial charge < -0.3 is 4.74 Å². The van der Waals surface area contributed by atoms with Crippen LogP contribution >= 0.6 is 0 Å². The molecule has 0 fully saturated rings. The van der Waals surface area contributed by atoms with E-state index in [0.29, 0.717) is 5.92 Å². The van der Waals surface area contributed by atoms with Crippen molar-refractivity contribution < 1.29 is 4.74 Å². The molecule has 13 heavy (non-hydrogen) atoms. The number of hydrogen-bond donors (Lipinski definition) is 0. The second kappa shape index (κ2) is 9.57. The van der Waals surface area contributed by atoms with E-state index in [1.807, 2.05) is 6.08 Å². The second-order valence-corrected chi connectivity index (χ2v) is 3.46. The topological polar surface area (TPSA) is 9.23 Å². The Labute approximate surface area is 82.5 Å². The predicted molar refractivity (Wildman–Crippen MR) is 57.8 cm³/mol. The molecule has 1 unspecified atom stereocenters. The number of unbranched alkanes of at least 4 members (excludes halogenated alkanes) is 2. The smallest absolute Gasteiger partial charge is 0.0471 e. The first-order chi connectivity index (χ1) is 6.31. The summed E-state index contributed by atoms with van der Waals surface area (Å²) in [6.45, 7) is 9.69. The third-order valence-electron chi connectivity index (χ3n) is 2.01. The summed E-state index contributed by atoms with van der Waals surface area (Å²) in [5.41, 5.74) is 2.80. The summed E-state index contributed by atoms with van der Waals surface area (Å²) < 4.78 is 5.48. The van der Waals surface area contributed by atoms with E-state index in [1.165, 1.54) is 19.3 Å². The van der Waals surface area contributed by atoms with Crippen molar-refractivity contribution in [1.29, 1.82) is 0 Å². The van der Waals surface area contributed by atoms with Gasteiger partial charge in [-0.15, -0.1) is 5.73 Å². The molecule has 0 rings (SSSR count). The van der Waals surface area contributed by atoms with Gasteiger partial charge in [0.1, 0.15) is 0 Å². The van der Waals surface area contributed by atoms with E-state index >= 15 is 0 Å². The molecule has 0 aliphatic rings. The van der Waals surface area contributed by atoms with Crippen molar-refractivity contribution in [3.05, 3.63) is 18.4 Å². The lowest BCUT2D eigenvalue weighted by Crippen LogP contribution is -2.00. The molecule has 0 amide bonds. The maximum absolute atomic E-state index is 5.48. The number of allylic oxidation sites excluding steroid dienone is 1. The maximum atomic E-state index is 5.48. The Morgan fingerprint density at radius 2 is 2.15 bits per heavy atom. The van der Waals surface area contributed by atoms with E-state index in [2.05, 4.69) is 26.2 Å². The minimum Gasteiger partial charge on any atom is -0.381 e. The maximum Gasteiger partial charge on any atom is 0.0471 e. The largest absolute Gasteiger partial charge is 0.381 e. The van der Waals surface area contributed by atoms with Gasteiger partial charge in [-0.2, -0.15) is 0 Å². The van der Waals surface area contributed by atoms with Gasteiger partial charge in [-0.3, -0.25) is 0 Å². The van der Waals surface area contributed by atoms with E-state index in [1.54, 1.807) is 0 Å². The minimum absolute atomic E-state index is 0.545. The molecule has 0 aromatic rings. The van der Waals surface area contributed by atoms with Crippen LogP contribution in [-0.4, -0.2) is 13.2 Å². The van der Waals surface area contributed by atoms with Gasteiger partial charge in [-0.25, -0.2) is 0 Å². The number of hydrogen-bond acceptors (Lipinski definition) is 1. The van der Waals surface area contributed by atoms with Crippen LogP contribution in [0.4, 0.5) is 0 Å². The van der Waals surface area contributed by atoms with E-state index in [4.69, 9.17) is 4.74 Å². The molecule has 0 radical (unpaired) electrons. The number of ether oxygens (including phenoxy) is 1. The van der Waals surface area contributed by atoms with Crippen LogP contribution in [0.3, 0.4) is 0 Å². The first kappa shape index (κ1) is 12.5. The summed E-state index contributed by atoms with van der Waals surface area (Å²) in [7, 11) is 0. The molecular formula is C12H22O. The Morgan fingerprint density at radius 3 is 2.77 bits per heavy atom. The number of rotatable bonds is 8. The third kappa shape index (κ3) is 9.39. The Hall–Kier alpha value is -0.520. The summed E-state index contributed by atoms with van der Waals surface area (Å²) in [6.07, 6.45) is 6.81. The molecular weight excluding hydrogens is 160 g/mol. The summed E-state index contributed by atoms with van der Waals surface area (Å²) in [4.78, 5) is 0. The summed E-state index contributed by atoms with van der Waals surface area (Å²) in [5.74, 6) is 0.545. The van der Waals surface area contributed by atoms with Gasteiger partial charge in [0.15, 0.2) is 0 Å². The van der Waals surface area contributed by atoms with Gasteiger partial charge in [0.05, 0.1) is 0 Å². The Balaban J connectivity index is 3.11. The van der Waals surface area contributed by atoms with E-state index in [-0.39, 0.29) is 0 Å². The van der Waals surface area contributed by atoms with Gasteiger partial charge in [0, 0.05) is 13.2 Å². The van der Waals surface area contributed by atoms with Crippen molar-refractivity contribution in [2.45, 2.75) is 39.5 Å². The van der Waals surface area contributed by atoms with Crippen LogP contribution in [0.2, 0.25) is 0 Å². The molecule has 1 atom stereocenters. The molecule has 0 aliphatic heterocycles. The quantitative estimate of drug-likeness (QED) is 0.412. The highest BCUT2D eigenvalue weighted by Gasteiger charge is 1.95. The molecule has 1 heteroatoms. The Bertz CT molecular complexity index is 145. The highest BCUT2D eigenvalue weighted by atomic mass is 16.5. The fraction of sp³-hybridized carbons (Fsp3) is 0.750. The average molecular weight is 182 g/mol. The van der Waals surface area contributed by atoms with Crippen LogP contribution in [0.15, 0.2) is 18.4 Å². The van der Waals surface area contributed by atoms with E-state index < -0.39 is 0 Å². The molecule has 0 bridgehead atoms. The summed E-state index contributed by atoms with van der Waals surface area (Å²) in [6, 6.07) is 0. The molecule has 0 aromatic carbocycles. The lowest BCUT2D eigenvalue weighted by Gasteiger charge is -2.05. The molecule has 76 valence electrons. The lowest BCUT2D eigenvalue weighted by atomic mass is 10.1. The molecule has 0 aliphatic carbocycles. The van der Waals surface area contributed by atoms with Crippen LogP contribution in [0.5, 0.6) is 0 Å². The van der Waals surface area contributed by atoms with E-state index in [9.17, 15) is 0 Å². The van der Waals surface area contributed by atoms with Crippen molar-refractivity contribution in [3.63, 3.8) is 0 Å². The van der Waals surface area contributed by atoms with Crippen LogP contribution in [0.25, 0.3) is 0 Å². The van der Waals surface area contributed by atoms with Crippen LogP contribution in [0, 0.1) is 5.92 Å². The van der Waals surface area contributed by atoms with Crippen molar-refractivity contribution >= 4 is 0 Å². The van der Waals surface area contributed by atoms with Crippen LogP contribution in [-0.2, 0) is 4.74 Å². The van der Waals surface area contributed by atoms with Gasteiger partial charge in [-0.05, 0) is 24.8 Å². The monoisotopic (exact) mass is 182 g/mol. The van der Waals surface area contributed by atoms with Crippen LogP contribution < -0.4 is 0 Å². The van der Waals surface area contributed by atoms with Crippen molar-refractivity contribution in [2.24, 2.45) is 5.92 Å². The first-order valence-corrected chi connectivity index (χ1v) is 5.25. The third-order valence-corrected chi connectivity index (χ3v) is 2.01. The fourth-order valence-electron chi connectivity index (χ4n) is 1.11. The molecule has 0 N–H and O–H groups in total. The van der Waals surface area contributed by atoms with Gasteiger partial charge >= 0.3 is 0 Å². The SMILES string of the molecule is C=C=CC(C)CCOCCCCC. The zero-order valence-electron chi connectivity index (χ0n) is 9.01. The van der Waals surface area contributed by atoms with Crippen molar-refractivity contribution in [2.75, 3.05) is 13.2 Å². The highest BCUT2D eigenvalue weighted by Crippen LogP contribution is 2.03. The average Bonchev–Trinajstić information content (AvgIpc) is 2.11. The van der Waals surface area contributed by atoms with Crippen molar-refractivity contribution in [1.82, 2.24) is 0 Å². The Kier molecular flexibility index (Phi) is 9.18. The van der Waals surface area contributed by atoms with Crippen molar-refractivity contribution in [3.8, 4) is 0 Å². The van der Waals surface area contributed by atoms with Gasteiger partial charge in [0.2, 0.25) is 0 Å². The molecule has 1 nitrogen and oxygen atoms in total. The van der Waals surface area contributed by atoms with Gasteiger partial charge in [0.25, 0.3) is 0 Å². The lowest BCUT2D eigenvalue weighted by molar-refractivity contribution is 0.122. The van der Waals surface area contributed by atoms with E-state index in [0.717, 1.165) is 19.6 Å². The normalized spacial score (nSPS) is 12.2. The molecule has 0 saturated heterocycles. The highest BCUT2D eigenvalue weighted by molar-refractivity contribution is 4.81. The van der Waals surface area contributed by atoms with Crippen LogP contribution in [0.1, 0.15) is 39.5 Å². The minimum atomic E-state index is 0.545. The zero-order valence-corrected chi connectivity index (χ0v) is 9.01. The second-order valence-electron chi connectivity index (χ2n) is 3.46. The molecule has 0 aromatic heterocycles. The summed E-state index contributed by atoms with van der Waals surface area (Å²) in [5, 5.41) is 0. The zero-order chi connectivity index (χ0) is 9.94.